The van der Waals surface area contributed by atoms with Crippen LogP contribution in [0.2, 0.25) is 0 Å². The van der Waals surface area contributed by atoms with Gasteiger partial charge in [-0.1, -0.05) is 61.7 Å². The Balaban J connectivity index is 1.52. The quantitative estimate of drug-likeness (QED) is 0.815. The van der Waals surface area contributed by atoms with Crippen molar-refractivity contribution >= 4 is 17.4 Å². The molecule has 4 heteroatoms. The number of Topliss-reactive ketones (excluding diaryl/α,β-unsaturated/α-hetero) is 1. The van der Waals surface area contributed by atoms with Crippen LogP contribution in [0.1, 0.15) is 65.9 Å². The standard InChI is InChI=1S/C22H23NO3/c24-20(14-22(26)18-8-4-5-9-19(18)23-21(22)25)17-12-10-16(11-13-17)15-6-2-1-3-7-15/h4-5,8-13,15,26H,1-3,6-7,14H2,(H,23,25). The first-order valence-corrected chi connectivity index (χ1v) is 9.34. The molecule has 1 atom stereocenters. The number of nitrogens with one attached hydrogen (secondary N) is 1. The number of anilines is 1. The molecule has 0 radical (unpaired) electrons. The topological polar surface area (TPSA) is 66.4 Å². The predicted octanol–water partition coefficient (Wildman–Crippen LogP) is 4.15. The van der Waals surface area contributed by atoms with Gasteiger partial charge in [0.2, 0.25) is 0 Å². The van der Waals surface area contributed by atoms with Gasteiger partial charge in [-0.3, -0.25) is 9.59 Å². The van der Waals surface area contributed by atoms with Gasteiger partial charge >= 0.3 is 0 Å². The fourth-order valence-corrected chi connectivity index (χ4v) is 4.19. The minimum absolute atomic E-state index is 0.227. The van der Waals surface area contributed by atoms with Crippen molar-refractivity contribution in [1.29, 1.82) is 0 Å². The molecule has 1 heterocycles. The monoisotopic (exact) mass is 349 g/mol. The third-order valence-corrected chi connectivity index (χ3v) is 5.72. The first-order chi connectivity index (χ1) is 12.6. The SMILES string of the molecule is O=C(CC1(O)C(=O)Nc2ccccc21)c1ccc(C2CCCCC2)cc1. The largest absolute Gasteiger partial charge is 0.375 e. The highest BCUT2D eigenvalue weighted by molar-refractivity contribution is 6.09. The van der Waals surface area contributed by atoms with E-state index in [1.807, 2.05) is 24.3 Å². The molecule has 1 aliphatic heterocycles. The molecule has 1 unspecified atom stereocenters. The van der Waals surface area contributed by atoms with E-state index in [0.717, 1.165) is 0 Å². The Morgan fingerprint density at radius 2 is 1.73 bits per heavy atom. The zero-order chi connectivity index (χ0) is 18.1. The van der Waals surface area contributed by atoms with Gasteiger partial charge in [0, 0.05) is 16.8 Å². The lowest BCUT2D eigenvalue weighted by atomic mass is 9.83. The predicted molar refractivity (Wildman–Crippen MR) is 100 cm³/mol. The van der Waals surface area contributed by atoms with E-state index in [1.54, 1.807) is 24.3 Å². The van der Waals surface area contributed by atoms with Crippen molar-refractivity contribution < 1.29 is 14.7 Å². The van der Waals surface area contributed by atoms with Gasteiger partial charge < -0.3 is 10.4 Å². The maximum absolute atomic E-state index is 12.7. The molecule has 2 aromatic rings. The number of hydrogen-bond acceptors (Lipinski definition) is 3. The summed E-state index contributed by atoms with van der Waals surface area (Å²) >= 11 is 0. The van der Waals surface area contributed by atoms with E-state index in [1.165, 1.54) is 37.7 Å². The number of benzene rings is 2. The first-order valence-electron chi connectivity index (χ1n) is 9.34. The van der Waals surface area contributed by atoms with Crippen molar-refractivity contribution in [2.24, 2.45) is 0 Å². The summed E-state index contributed by atoms with van der Waals surface area (Å²) in [6, 6.07) is 14.7. The minimum atomic E-state index is -1.80. The van der Waals surface area contributed by atoms with Gasteiger partial charge in [-0.05, 0) is 30.4 Å². The second-order valence-electron chi connectivity index (χ2n) is 7.42. The van der Waals surface area contributed by atoms with Gasteiger partial charge in [0.1, 0.15) is 0 Å². The second kappa shape index (κ2) is 6.69. The van der Waals surface area contributed by atoms with E-state index in [4.69, 9.17) is 0 Å². The van der Waals surface area contributed by atoms with Crippen LogP contribution in [0, 0.1) is 0 Å². The summed E-state index contributed by atoms with van der Waals surface area (Å²) in [5, 5.41) is 13.5. The molecule has 2 aromatic carbocycles. The van der Waals surface area contributed by atoms with E-state index < -0.39 is 11.5 Å². The molecule has 0 saturated heterocycles. The Morgan fingerprint density at radius 1 is 1.04 bits per heavy atom. The van der Waals surface area contributed by atoms with Crippen molar-refractivity contribution in [3.05, 3.63) is 65.2 Å². The molecule has 1 fully saturated rings. The lowest BCUT2D eigenvalue weighted by Crippen LogP contribution is -2.36. The van der Waals surface area contributed by atoms with Crippen molar-refractivity contribution in [2.45, 2.75) is 50.0 Å². The second-order valence-corrected chi connectivity index (χ2v) is 7.42. The average Bonchev–Trinajstić information content (AvgIpc) is 2.93. The Kier molecular flexibility index (Phi) is 4.37. The Labute approximate surface area is 153 Å². The van der Waals surface area contributed by atoms with Crippen LogP contribution in [0.5, 0.6) is 0 Å². The third kappa shape index (κ3) is 2.95. The van der Waals surface area contributed by atoms with Crippen LogP contribution in [0.15, 0.2) is 48.5 Å². The summed E-state index contributed by atoms with van der Waals surface area (Å²) in [5.74, 6) is -0.176. The van der Waals surface area contributed by atoms with Crippen LogP contribution < -0.4 is 5.32 Å². The van der Waals surface area contributed by atoms with E-state index in [-0.39, 0.29) is 12.2 Å². The lowest BCUT2D eigenvalue weighted by molar-refractivity contribution is -0.133. The maximum atomic E-state index is 12.7. The lowest BCUT2D eigenvalue weighted by Gasteiger charge is -2.22. The third-order valence-electron chi connectivity index (χ3n) is 5.72. The van der Waals surface area contributed by atoms with Gasteiger partial charge in [-0.15, -0.1) is 0 Å². The molecule has 2 N–H and O–H groups in total. The molecule has 4 rings (SSSR count). The first kappa shape index (κ1) is 17.0. The maximum Gasteiger partial charge on any atom is 0.261 e. The number of aliphatic hydroxyl groups is 1. The molecule has 1 amide bonds. The molecule has 0 aromatic heterocycles. The van der Waals surface area contributed by atoms with Crippen molar-refractivity contribution in [3.8, 4) is 0 Å². The fourth-order valence-electron chi connectivity index (χ4n) is 4.19. The number of para-hydroxylation sites is 1. The number of carbonyl (C=O) groups excluding carboxylic acids is 2. The highest BCUT2D eigenvalue weighted by Gasteiger charge is 2.46. The van der Waals surface area contributed by atoms with E-state index in [0.29, 0.717) is 22.7 Å². The van der Waals surface area contributed by atoms with Crippen LogP contribution in [0.25, 0.3) is 0 Å². The molecule has 26 heavy (non-hydrogen) atoms. The number of rotatable bonds is 4. The summed E-state index contributed by atoms with van der Waals surface area (Å²) in [6.45, 7) is 0. The normalized spacial score (nSPS) is 22.7. The van der Waals surface area contributed by atoms with E-state index in [9.17, 15) is 14.7 Å². The molecule has 2 aliphatic rings. The highest BCUT2D eigenvalue weighted by atomic mass is 16.3. The number of amides is 1. The molecule has 1 saturated carbocycles. The highest BCUT2D eigenvalue weighted by Crippen LogP contribution is 2.39. The van der Waals surface area contributed by atoms with Gasteiger partial charge in [0.05, 0.1) is 6.42 Å². The van der Waals surface area contributed by atoms with Crippen LogP contribution in [-0.4, -0.2) is 16.8 Å². The molecule has 134 valence electrons. The summed E-state index contributed by atoms with van der Waals surface area (Å²) < 4.78 is 0. The zero-order valence-electron chi connectivity index (χ0n) is 14.7. The molecule has 1 aliphatic carbocycles. The minimum Gasteiger partial charge on any atom is -0.375 e. The van der Waals surface area contributed by atoms with Gasteiger partial charge in [0.15, 0.2) is 11.4 Å². The van der Waals surface area contributed by atoms with E-state index >= 15 is 0 Å². The fraction of sp³-hybridized carbons (Fsp3) is 0.364. The van der Waals surface area contributed by atoms with Gasteiger partial charge in [-0.2, -0.15) is 0 Å². The van der Waals surface area contributed by atoms with Gasteiger partial charge in [-0.25, -0.2) is 0 Å². The van der Waals surface area contributed by atoms with Crippen molar-refractivity contribution in [3.63, 3.8) is 0 Å². The van der Waals surface area contributed by atoms with Crippen LogP contribution in [-0.2, 0) is 10.4 Å². The number of fused-ring (bicyclic) bond motifs is 1. The Bertz CT molecular complexity index is 837. The van der Waals surface area contributed by atoms with Crippen LogP contribution >= 0.6 is 0 Å². The summed E-state index contributed by atoms with van der Waals surface area (Å²) in [7, 11) is 0. The molecular weight excluding hydrogens is 326 g/mol. The zero-order valence-corrected chi connectivity index (χ0v) is 14.7. The smallest absolute Gasteiger partial charge is 0.261 e. The molecular formula is C22H23NO3. The number of ketones is 1. The van der Waals surface area contributed by atoms with Crippen molar-refractivity contribution in [2.75, 3.05) is 5.32 Å². The molecule has 4 nitrogen and oxygen atoms in total. The molecule has 0 bridgehead atoms. The summed E-state index contributed by atoms with van der Waals surface area (Å²) in [5.41, 5.74) is 1.06. The van der Waals surface area contributed by atoms with Gasteiger partial charge in [0.25, 0.3) is 5.91 Å². The van der Waals surface area contributed by atoms with E-state index in [2.05, 4.69) is 5.32 Å². The Morgan fingerprint density at radius 3 is 2.46 bits per heavy atom. The Hall–Kier alpha value is -2.46. The number of hydrogen-bond donors (Lipinski definition) is 2. The van der Waals surface area contributed by atoms with Crippen LogP contribution in [0.3, 0.4) is 0 Å². The van der Waals surface area contributed by atoms with Crippen molar-refractivity contribution in [1.82, 2.24) is 0 Å². The average molecular weight is 349 g/mol. The van der Waals surface area contributed by atoms with Crippen LogP contribution in [0.4, 0.5) is 5.69 Å². The molecule has 0 spiro atoms. The summed E-state index contributed by atoms with van der Waals surface area (Å²) in [4.78, 5) is 25.0. The summed E-state index contributed by atoms with van der Waals surface area (Å²) in [6.07, 6.45) is 6.03. The number of carbonyl (C=O) groups is 2.